The summed E-state index contributed by atoms with van der Waals surface area (Å²) >= 11 is 0. The third-order valence-corrected chi connectivity index (χ3v) is 4.60. The highest BCUT2D eigenvalue weighted by Gasteiger charge is 2.25. The van der Waals surface area contributed by atoms with Gasteiger partial charge in [-0.2, -0.15) is 0 Å². The molecule has 3 N–H and O–H groups in total. The first-order valence-corrected chi connectivity index (χ1v) is 8.95. The summed E-state index contributed by atoms with van der Waals surface area (Å²) in [6, 6.07) is 7.41. The number of rotatable bonds is 7. The summed E-state index contributed by atoms with van der Waals surface area (Å²) < 4.78 is 1.57. The van der Waals surface area contributed by atoms with E-state index in [0.717, 1.165) is 24.9 Å². The van der Waals surface area contributed by atoms with Crippen LogP contribution in [-0.4, -0.2) is 21.5 Å². The summed E-state index contributed by atoms with van der Waals surface area (Å²) in [5, 5.41) is 5.89. The molecule has 0 spiro atoms. The Morgan fingerprint density at radius 1 is 1.27 bits per heavy atom. The van der Waals surface area contributed by atoms with Crippen molar-refractivity contribution in [2.24, 2.45) is 0 Å². The molecule has 1 aromatic heterocycles. The largest absolute Gasteiger partial charge is 0.328 e. The summed E-state index contributed by atoms with van der Waals surface area (Å²) in [4.78, 5) is 38.4. The average molecular weight is 356 g/mol. The number of nitrogens with one attached hydrogen (secondary N) is 3. The van der Waals surface area contributed by atoms with Crippen molar-refractivity contribution in [3.8, 4) is 0 Å². The SMILES string of the molecule is CCc1ccc(NC(=O)C(C)NCc2cn(C3CC3)c(=O)[nH]c2=O)cc1. The number of nitrogens with zero attached hydrogens (tertiary/aromatic N) is 1. The van der Waals surface area contributed by atoms with Crippen LogP contribution >= 0.6 is 0 Å². The van der Waals surface area contributed by atoms with Gasteiger partial charge in [0.2, 0.25) is 5.91 Å². The molecule has 1 aliphatic carbocycles. The van der Waals surface area contributed by atoms with Crippen molar-refractivity contribution in [3.05, 3.63) is 62.4 Å². The fraction of sp³-hybridized carbons (Fsp3) is 0.421. The second-order valence-electron chi connectivity index (χ2n) is 6.69. The van der Waals surface area contributed by atoms with Crippen LogP contribution in [0.25, 0.3) is 0 Å². The number of H-pyrrole nitrogens is 1. The molecule has 2 aromatic rings. The highest BCUT2D eigenvalue weighted by atomic mass is 16.2. The van der Waals surface area contributed by atoms with Crippen LogP contribution in [0.4, 0.5) is 5.69 Å². The number of aryl methyl sites for hydroxylation is 1. The normalized spacial score (nSPS) is 14.8. The minimum atomic E-state index is -0.485. The summed E-state index contributed by atoms with van der Waals surface area (Å²) in [6.45, 7) is 4.03. The first-order valence-electron chi connectivity index (χ1n) is 8.95. The van der Waals surface area contributed by atoms with Gasteiger partial charge in [0.15, 0.2) is 0 Å². The average Bonchev–Trinajstić information content (AvgIpc) is 3.46. The lowest BCUT2D eigenvalue weighted by atomic mass is 10.1. The smallest absolute Gasteiger partial charge is 0.325 e. The van der Waals surface area contributed by atoms with Crippen LogP contribution in [0.2, 0.25) is 0 Å². The molecule has 0 saturated heterocycles. The number of benzene rings is 1. The second kappa shape index (κ2) is 7.70. The lowest BCUT2D eigenvalue weighted by Crippen LogP contribution is -2.40. The van der Waals surface area contributed by atoms with E-state index in [0.29, 0.717) is 5.56 Å². The first-order chi connectivity index (χ1) is 12.5. The molecule has 7 nitrogen and oxygen atoms in total. The fourth-order valence-corrected chi connectivity index (χ4v) is 2.71. The number of anilines is 1. The lowest BCUT2D eigenvalue weighted by molar-refractivity contribution is -0.117. The van der Waals surface area contributed by atoms with E-state index in [2.05, 4.69) is 22.5 Å². The molecule has 1 atom stereocenters. The molecule has 0 bridgehead atoms. The molecule has 3 rings (SSSR count). The topological polar surface area (TPSA) is 96.0 Å². The Labute approximate surface area is 151 Å². The molecule has 1 saturated carbocycles. The minimum absolute atomic E-state index is 0.179. The lowest BCUT2D eigenvalue weighted by Gasteiger charge is -2.14. The molecule has 1 heterocycles. The number of carbonyl (C=O) groups excluding carboxylic acids is 1. The summed E-state index contributed by atoms with van der Waals surface area (Å²) in [7, 11) is 0. The fourth-order valence-electron chi connectivity index (χ4n) is 2.71. The van der Waals surface area contributed by atoms with Crippen molar-refractivity contribution in [2.75, 3.05) is 5.32 Å². The predicted octanol–water partition coefficient (Wildman–Crippen LogP) is 1.55. The van der Waals surface area contributed by atoms with Gasteiger partial charge in [0.05, 0.1) is 6.04 Å². The van der Waals surface area contributed by atoms with Gasteiger partial charge in [-0.3, -0.25) is 19.1 Å². The molecule has 7 heteroatoms. The monoisotopic (exact) mass is 356 g/mol. The van der Waals surface area contributed by atoms with E-state index in [4.69, 9.17) is 0 Å². The molecule has 138 valence electrons. The molecule has 0 radical (unpaired) electrons. The highest BCUT2D eigenvalue weighted by molar-refractivity contribution is 5.94. The van der Waals surface area contributed by atoms with Crippen LogP contribution in [0.3, 0.4) is 0 Å². The molecular weight excluding hydrogens is 332 g/mol. The number of aromatic nitrogens is 2. The summed E-state index contributed by atoms with van der Waals surface area (Å²) in [5.41, 5.74) is 1.60. The predicted molar refractivity (Wildman–Crippen MR) is 100 cm³/mol. The Morgan fingerprint density at radius 2 is 1.96 bits per heavy atom. The van der Waals surface area contributed by atoms with Crippen molar-refractivity contribution < 1.29 is 4.79 Å². The van der Waals surface area contributed by atoms with Crippen LogP contribution in [-0.2, 0) is 17.8 Å². The Balaban J connectivity index is 1.60. The second-order valence-corrected chi connectivity index (χ2v) is 6.69. The Bertz CT molecular complexity index is 894. The first kappa shape index (κ1) is 18.1. The van der Waals surface area contributed by atoms with E-state index in [-0.39, 0.29) is 24.2 Å². The standard InChI is InChI=1S/C19H24N4O3/c1-3-13-4-6-15(7-5-13)21-17(24)12(2)20-10-14-11-23(16-8-9-16)19(26)22-18(14)25/h4-7,11-12,16,20H,3,8-10H2,1-2H3,(H,21,24)(H,22,25,26). The van der Waals surface area contributed by atoms with E-state index >= 15 is 0 Å². The van der Waals surface area contributed by atoms with Gasteiger partial charge in [-0.1, -0.05) is 19.1 Å². The maximum Gasteiger partial charge on any atom is 0.328 e. The van der Waals surface area contributed by atoms with Crippen molar-refractivity contribution in [3.63, 3.8) is 0 Å². The number of aromatic amines is 1. The molecule has 1 aliphatic rings. The number of carbonyl (C=O) groups is 1. The van der Waals surface area contributed by atoms with Crippen LogP contribution in [0.1, 0.15) is 43.9 Å². The maximum atomic E-state index is 12.3. The van der Waals surface area contributed by atoms with E-state index in [9.17, 15) is 14.4 Å². The summed E-state index contributed by atoms with van der Waals surface area (Å²) in [5.74, 6) is -0.179. The summed E-state index contributed by atoms with van der Waals surface area (Å²) in [6.07, 6.45) is 4.45. The van der Waals surface area contributed by atoms with Gasteiger partial charge in [0, 0.05) is 30.0 Å². The Hall–Kier alpha value is -2.67. The molecular formula is C19H24N4O3. The van der Waals surface area contributed by atoms with Gasteiger partial charge >= 0.3 is 5.69 Å². The van der Waals surface area contributed by atoms with Crippen molar-refractivity contribution in [1.82, 2.24) is 14.9 Å². The number of amides is 1. The van der Waals surface area contributed by atoms with Crippen molar-refractivity contribution in [2.45, 2.75) is 51.7 Å². The molecule has 1 aromatic carbocycles. The molecule has 1 fully saturated rings. The molecule has 26 heavy (non-hydrogen) atoms. The number of hydrogen-bond acceptors (Lipinski definition) is 4. The number of hydrogen-bond donors (Lipinski definition) is 3. The van der Waals surface area contributed by atoms with Crippen LogP contribution in [0, 0.1) is 0 Å². The molecule has 1 unspecified atom stereocenters. The van der Waals surface area contributed by atoms with E-state index < -0.39 is 11.6 Å². The molecule has 1 amide bonds. The maximum absolute atomic E-state index is 12.3. The minimum Gasteiger partial charge on any atom is -0.325 e. The van der Waals surface area contributed by atoms with E-state index in [1.807, 2.05) is 24.3 Å². The van der Waals surface area contributed by atoms with Crippen molar-refractivity contribution in [1.29, 1.82) is 0 Å². The third kappa shape index (κ3) is 4.29. The van der Waals surface area contributed by atoms with Gasteiger partial charge in [-0.25, -0.2) is 4.79 Å². The third-order valence-electron chi connectivity index (χ3n) is 4.60. The van der Waals surface area contributed by atoms with Crippen LogP contribution < -0.4 is 21.9 Å². The quantitative estimate of drug-likeness (QED) is 0.701. The van der Waals surface area contributed by atoms with Gasteiger partial charge < -0.3 is 10.6 Å². The van der Waals surface area contributed by atoms with Crippen LogP contribution in [0.15, 0.2) is 40.1 Å². The van der Waals surface area contributed by atoms with Gasteiger partial charge in [-0.15, -0.1) is 0 Å². The highest BCUT2D eigenvalue weighted by Crippen LogP contribution is 2.32. The van der Waals surface area contributed by atoms with Crippen LogP contribution in [0.5, 0.6) is 0 Å². The Kier molecular flexibility index (Phi) is 5.37. The van der Waals surface area contributed by atoms with Gasteiger partial charge in [0.1, 0.15) is 0 Å². The van der Waals surface area contributed by atoms with Gasteiger partial charge in [0.25, 0.3) is 5.56 Å². The molecule has 0 aliphatic heterocycles. The van der Waals surface area contributed by atoms with E-state index in [1.54, 1.807) is 17.7 Å². The van der Waals surface area contributed by atoms with Crippen molar-refractivity contribution >= 4 is 11.6 Å². The van der Waals surface area contributed by atoms with E-state index in [1.165, 1.54) is 5.56 Å². The zero-order chi connectivity index (χ0) is 18.7. The van der Waals surface area contributed by atoms with Gasteiger partial charge in [-0.05, 0) is 43.9 Å². The Morgan fingerprint density at radius 3 is 2.58 bits per heavy atom. The zero-order valence-corrected chi connectivity index (χ0v) is 15.0. The zero-order valence-electron chi connectivity index (χ0n) is 15.0.